The summed E-state index contributed by atoms with van der Waals surface area (Å²) >= 11 is 3.42. The third-order valence-electron chi connectivity index (χ3n) is 2.62. The zero-order valence-electron chi connectivity index (χ0n) is 9.59. The predicted molar refractivity (Wildman–Crippen MR) is 73.0 cm³/mol. The highest BCUT2D eigenvalue weighted by Gasteiger charge is 2.04. The molecular formula is C14H15BrO. The van der Waals surface area contributed by atoms with Crippen molar-refractivity contribution in [3.63, 3.8) is 0 Å². The van der Waals surface area contributed by atoms with Crippen molar-refractivity contribution in [3.05, 3.63) is 41.7 Å². The molecule has 1 aromatic carbocycles. The molecule has 0 aliphatic rings. The van der Waals surface area contributed by atoms with Crippen molar-refractivity contribution in [2.75, 3.05) is 5.33 Å². The molecule has 0 N–H and O–H groups in total. The van der Waals surface area contributed by atoms with E-state index < -0.39 is 0 Å². The quantitative estimate of drug-likeness (QED) is 0.726. The van der Waals surface area contributed by atoms with Crippen LogP contribution in [0.25, 0.3) is 16.5 Å². The highest BCUT2D eigenvalue weighted by Crippen LogP contribution is 2.25. The van der Waals surface area contributed by atoms with Gasteiger partial charge in [0.25, 0.3) is 0 Å². The summed E-state index contributed by atoms with van der Waals surface area (Å²) in [7, 11) is 0. The van der Waals surface area contributed by atoms with Gasteiger partial charge in [-0.15, -0.1) is 0 Å². The number of hydrogen-bond acceptors (Lipinski definition) is 1. The van der Waals surface area contributed by atoms with Crippen LogP contribution in [0.15, 0.2) is 34.8 Å². The molecule has 2 aromatic rings. The molecule has 0 fully saturated rings. The number of allylic oxidation sites excluding steroid dienone is 2. The Hall–Kier alpha value is -1.02. The Labute approximate surface area is 104 Å². The molecular weight excluding hydrogens is 264 g/mol. The summed E-state index contributed by atoms with van der Waals surface area (Å²) in [5.41, 5.74) is 3.43. The number of halogens is 1. The number of aryl methyl sites for hydroxylation is 1. The Morgan fingerprint density at radius 3 is 2.94 bits per heavy atom. The zero-order chi connectivity index (χ0) is 11.5. The monoisotopic (exact) mass is 278 g/mol. The van der Waals surface area contributed by atoms with Crippen molar-refractivity contribution in [1.82, 2.24) is 0 Å². The maximum Gasteiger partial charge on any atom is 0.134 e. The largest absolute Gasteiger partial charge is 0.456 e. The van der Waals surface area contributed by atoms with Gasteiger partial charge in [0.1, 0.15) is 11.3 Å². The molecule has 0 radical (unpaired) electrons. The van der Waals surface area contributed by atoms with Crippen LogP contribution in [0.5, 0.6) is 0 Å². The molecule has 0 unspecified atom stereocenters. The van der Waals surface area contributed by atoms with Crippen molar-refractivity contribution < 1.29 is 4.42 Å². The normalized spacial score (nSPS) is 12.3. The second kappa shape index (κ2) is 4.88. The van der Waals surface area contributed by atoms with E-state index in [4.69, 9.17) is 4.42 Å². The van der Waals surface area contributed by atoms with Gasteiger partial charge in [0.2, 0.25) is 0 Å². The molecule has 1 aromatic heterocycles. The maximum absolute atomic E-state index is 5.80. The lowest BCUT2D eigenvalue weighted by Gasteiger charge is -1.94. The molecule has 0 amide bonds. The Kier molecular flexibility index (Phi) is 3.49. The van der Waals surface area contributed by atoms with Crippen LogP contribution in [0.4, 0.5) is 0 Å². The molecule has 16 heavy (non-hydrogen) atoms. The molecule has 1 nitrogen and oxygen atoms in total. The van der Waals surface area contributed by atoms with Crippen molar-refractivity contribution in [2.45, 2.75) is 20.3 Å². The summed E-state index contributed by atoms with van der Waals surface area (Å²) in [5, 5.41) is 2.17. The van der Waals surface area contributed by atoms with Crippen molar-refractivity contribution >= 4 is 32.5 Å². The lowest BCUT2D eigenvalue weighted by molar-refractivity contribution is 0.599. The number of fused-ring (bicyclic) bond motifs is 1. The van der Waals surface area contributed by atoms with Crippen LogP contribution < -0.4 is 0 Å². The fourth-order valence-corrected chi connectivity index (χ4v) is 1.96. The topological polar surface area (TPSA) is 13.1 Å². The van der Waals surface area contributed by atoms with Crippen LogP contribution in [-0.2, 0) is 0 Å². The summed E-state index contributed by atoms with van der Waals surface area (Å²) in [5.74, 6) is 0.974. The van der Waals surface area contributed by atoms with E-state index in [1.807, 2.05) is 6.07 Å². The van der Waals surface area contributed by atoms with Gasteiger partial charge in [-0.3, -0.25) is 0 Å². The molecule has 0 saturated heterocycles. The summed E-state index contributed by atoms with van der Waals surface area (Å²) in [4.78, 5) is 0. The van der Waals surface area contributed by atoms with Crippen LogP contribution >= 0.6 is 15.9 Å². The van der Waals surface area contributed by atoms with Crippen LogP contribution in [-0.4, -0.2) is 5.33 Å². The van der Waals surface area contributed by atoms with Gasteiger partial charge < -0.3 is 4.42 Å². The highest BCUT2D eigenvalue weighted by molar-refractivity contribution is 9.09. The summed E-state index contributed by atoms with van der Waals surface area (Å²) in [6.45, 7) is 4.19. The smallest absolute Gasteiger partial charge is 0.134 e. The van der Waals surface area contributed by atoms with Crippen LogP contribution in [0.2, 0.25) is 0 Å². The first-order chi connectivity index (χ1) is 7.70. The molecule has 0 atom stereocenters. The number of benzene rings is 1. The third kappa shape index (κ3) is 2.38. The van der Waals surface area contributed by atoms with E-state index in [9.17, 15) is 0 Å². The van der Waals surface area contributed by atoms with Gasteiger partial charge in [-0.05, 0) is 44.0 Å². The van der Waals surface area contributed by atoms with E-state index >= 15 is 0 Å². The average Bonchev–Trinajstić information content (AvgIpc) is 2.68. The van der Waals surface area contributed by atoms with Gasteiger partial charge in [0.15, 0.2) is 0 Å². The molecule has 0 bridgehead atoms. The van der Waals surface area contributed by atoms with Crippen LogP contribution in [0.3, 0.4) is 0 Å². The highest BCUT2D eigenvalue weighted by atomic mass is 79.9. The van der Waals surface area contributed by atoms with Crippen LogP contribution in [0.1, 0.15) is 24.7 Å². The number of alkyl halides is 1. The van der Waals surface area contributed by atoms with E-state index in [-0.39, 0.29) is 0 Å². The van der Waals surface area contributed by atoms with Crippen molar-refractivity contribution in [1.29, 1.82) is 0 Å². The lowest BCUT2D eigenvalue weighted by Crippen LogP contribution is -1.74. The fraction of sp³-hybridized carbons (Fsp3) is 0.286. The van der Waals surface area contributed by atoms with Gasteiger partial charge >= 0.3 is 0 Å². The third-order valence-corrected chi connectivity index (χ3v) is 3.08. The second-order valence-corrected chi connectivity index (χ2v) is 4.81. The van der Waals surface area contributed by atoms with Crippen molar-refractivity contribution in [2.24, 2.45) is 0 Å². The molecule has 0 saturated carbocycles. The minimum absolute atomic E-state index is 0.965. The standard InChI is InChI=1S/C14H15BrO/c1-10-5-6-13-12(8-10)9-14(16-13)11(2)4-3-7-15/h4-6,8-9H,3,7H2,1-2H3/b11-4-. The lowest BCUT2D eigenvalue weighted by atomic mass is 10.1. The number of rotatable bonds is 3. The molecule has 2 heteroatoms. The van der Waals surface area contributed by atoms with E-state index in [0.29, 0.717) is 0 Å². The molecule has 84 valence electrons. The van der Waals surface area contributed by atoms with Gasteiger partial charge in [0.05, 0.1) is 0 Å². The number of furan rings is 1. The SMILES string of the molecule is C/C(=C/CCBr)c1cc2cc(C)ccc2o1. The van der Waals surface area contributed by atoms with Gasteiger partial charge in [0, 0.05) is 10.7 Å². The summed E-state index contributed by atoms with van der Waals surface area (Å²) in [6.07, 6.45) is 3.22. The minimum atomic E-state index is 0.965. The minimum Gasteiger partial charge on any atom is -0.456 e. The second-order valence-electron chi connectivity index (χ2n) is 4.02. The first-order valence-electron chi connectivity index (χ1n) is 5.44. The van der Waals surface area contributed by atoms with E-state index in [1.54, 1.807) is 0 Å². The van der Waals surface area contributed by atoms with Gasteiger partial charge in [-0.2, -0.15) is 0 Å². The van der Waals surface area contributed by atoms with E-state index in [1.165, 1.54) is 16.5 Å². The first-order valence-corrected chi connectivity index (χ1v) is 6.56. The first kappa shape index (κ1) is 11.5. The molecule has 0 aliphatic heterocycles. The Morgan fingerprint density at radius 1 is 1.38 bits per heavy atom. The average molecular weight is 279 g/mol. The molecule has 0 aliphatic carbocycles. The Morgan fingerprint density at radius 2 is 2.19 bits per heavy atom. The Balaban J connectivity index is 2.39. The Bertz CT molecular complexity index is 523. The van der Waals surface area contributed by atoms with Crippen molar-refractivity contribution in [3.8, 4) is 0 Å². The van der Waals surface area contributed by atoms with Gasteiger partial charge in [-0.25, -0.2) is 0 Å². The summed E-state index contributed by atoms with van der Waals surface area (Å²) < 4.78 is 5.80. The van der Waals surface area contributed by atoms with E-state index in [0.717, 1.165) is 23.1 Å². The summed E-state index contributed by atoms with van der Waals surface area (Å²) in [6, 6.07) is 8.38. The maximum atomic E-state index is 5.80. The van der Waals surface area contributed by atoms with E-state index in [2.05, 4.69) is 54.1 Å². The molecule has 0 spiro atoms. The zero-order valence-corrected chi connectivity index (χ0v) is 11.2. The predicted octanol–water partition coefficient (Wildman–Crippen LogP) is 4.93. The molecule has 2 rings (SSSR count). The molecule has 1 heterocycles. The fourth-order valence-electron chi connectivity index (χ4n) is 1.73. The van der Waals surface area contributed by atoms with Gasteiger partial charge in [-0.1, -0.05) is 33.6 Å². The number of hydrogen-bond donors (Lipinski definition) is 0. The van der Waals surface area contributed by atoms with Crippen LogP contribution in [0, 0.1) is 6.92 Å².